The van der Waals surface area contributed by atoms with Crippen molar-refractivity contribution in [3.05, 3.63) is 123 Å². The lowest BCUT2D eigenvalue weighted by molar-refractivity contribution is -0.139. The summed E-state index contributed by atoms with van der Waals surface area (Å²) in [5.41, 5.74) is 1.46. The van der Waals surface area contributed by atoms with Crippen molar-refractivity contribution in [1.29, 1.82) is 0 Å². The Morgan fingerprint density at radius 2 is 1.52 bits per heavy atom. The lowest BCUT2D eigenvalue weighted by Crippen LogP contribution is -2.53. The highest BCUT2D eigenvalue weighted by Gasteiger charge is 2.34. The third-order valence-corrected chi connectivity index (χ3v) is 9.58. The molecule has 0 aliphatic rings. The van der Waals surface area contributed by atoms with Gasteiger partial charge in [0.15, 0.2) is 0 Å². The van der Waals surface area contributed by atoms with Crippen LogP contribution in [0.2, 0.25) is 15.1 Å². The second-order valence-electron chi connectivity index (χ2n) is 9.72. The molecule has 0 aromatic heterocycles. The van der Waals surface area contributed by atoms with E-state index in [0.717, 1.165) is 9.87 Å². The molecule has 4 aromatic carbocycles. The minimum Gasteiger partial charge on any atom is -0.495 e. The molecule has 0 fully saturated rings. The lowest BCUT2D eigenvalue weighted by Gasteiger charge is -2.34. The number of methoxy groups -OCH3 is 1. The number of sulfonamides is 1. The largest absolute Gasteiger partial charge is 0.495 e. The van der Waals surface area contributed by atoms with Gasteiger partial charge in [0, 0.05) is 30.1 Å². The van der Waals surface area contributed by atoms with Gasteiger partial charge in [-0.05, 0) is 53.6 Å². The Hall–Kier alpha value is -3.76. The van der Waals surface area contributed by atoms with E-state index in [2.05, 4.69) is 5.32 Å². The predicted octanol–water partition coefficient (Wildman–Crippen LogP) is 6.24. The minimum atomic E-state index is -4.27. The second-order valence-corrected chi connectivity index (χ2v) is 12.8. The Morgan fingerprint density at radius 1 is 0.864 bits per heavy atom. The number of ether oxygens (including phenoxy) is 1. The van der Waals surface area contributed by atoms with Crippen LogP contribution in [0.1, 0.15) is 11.1 Å². The van der Waals surface area contributed by atoms with E-state index in [1.54, 1.807) is 36.4 Å². The number of anilines is 1. The number of nitrogens with one attached hydrogen (secondary N) is 1. The molecule has 1 N–H and O–H groups in total. The van der Waals surface area contributed by atoms with Gasteiger partial charge in [-0.15, -0.1) is 0 Å². The molecule has 2 amide bonds. The van der Waals surface area contributed by atoms with Gasteiger partial charge in [0.05, 0.1) is 22.7 Å². The Morgan fingerprint density at radius 3 is 2.11 bits per heavy atom. The maximum absolute atomic E-state index is 14.4. The highest BCUT2D eigenvalue weighted by atomic mass is 35.5. The maximum atomic E-state index is 14.4. The van der Waals surface area contributed by atoms with E-state index in [-0.39, 0.29) is 28.6 Å². The fourth-order valence-corrected chi connectivity index (χ4v) is 6.76. The Labute approximate surface area is 272 Å². The van der Waals surface area contributed by atoms with Gasteiger partial charge in [-0.25, -0.2) is 8.42 Å². The van der Waals surface area contributed by atoms with Gasteiger partial charge in [0.25, 0.3) is 10.0 Å². The highest BCUT2D eigenvalue weighted by Crippen LogP contribution is 2.32. The van der Waals surface area contributed by atoms with Gasteiger partial charge < -0.3 is 15.0 Å². The Balaban J connectivity index is 1.82. The average Bonchev–Trinajstić information content (AvgIpc) is 3.02. The summed E-state index contributed by atoms with van der Waals surface area (Å²) < 4.78 is 34.3. The van der Waals surface area contributed by atoms with Crippen LogP contribution in [0.4, 0.5) is 5.69 Å². The third kappa shape index (κ3) is 7.84. The number of carbonyl (C=O) groups is 2. The van der Waals surface area contributed by atoms with Crippen LogP contribution in [0.15, 0.2) is 102 Å². The number of rotatable bonds is 12. The zero-order valence-electron chi connectivity index (χ0n) is 23.9. The molecule has 44 heavy (non-hydrogen) atoms. The molecule has 0 radical (unpaired) electrons. The van der Waals surface area contributed by atoms with E-state index in [4.69, 9.17) is 39.5 Å². The van der Waals surface area contributed by atoms with Crippen molar-refractivity contribution in [2.75, 3.05) is 25.0 Å². The molecule has 0 saturated carbocycles. The molecule has 0 aliphatic heterocycles. The molecule has 0 aliphatic carbocycles. The molecule has 0 bridgehead atoms. The molecule has 8 nitrogen and oxygen atoms in total. The van der Waals surface area contributed by atoms with Crippen molar-refractivity contribution in [2.45, 2.75) is 23.9 Å². The van der Waals surface area contributed by atoms with Crippen LogP contribution in [-0.4, -0.2) is 51.9 Å². The zero-order valence-corrected chi connectivity index (χ0v) is 27.0. The molecule has 4 rings (SSSR count). The van der Waals surface area contributed by atoms with Crippen molar-refractivity contribution in [1.82, 2.24) is 10.2 Å². The van der Waals surface area contributed by atoms with Crippen LogP contribution in [0.5, 0.6) is 5.75 Å². The van der Waals surface area contributed by atoms with Crippen LogP contribution in [0.25, 0.3) is 0 Å². The number of likely N-dealkylation sites (N-methyl/N-ethyl adjacent to an activating group) is 1. The van der Waals surface area contributed by atoms with Crippen LogP contribution in [-0.2, 0) is 32.6 Å². The molecular formula is C32H30Cl3N3O5S. The first-order chi connectivity index (χ1) is 21.0. The average molecular weight is 675 g/mol. The van der Waals surface area contributed by atoms with Crippen LogP contribution in [0.3, 0.4) is 0 Å². The minimum absolute atomic E-state index is 0.0285. The van der Waals surface area contributed by atoms with Crippen molar-refractivity contribution >= 4 is 62.3 Å². The second kappa shape index (κ2) is 14.8. The van der Waals surface area contributed by atoms with E-state index in [1.807, 2.05) is 30.3 Å². The van der Waals surface area contributed by atoms with E-state index in [9.17, 15) is 18.0 Å². The summed E-state index contributed by atoms with van der Waals surface area (Å²) in [5, 5.41) is 3.49. The fraction of sp³-hybridized carbons (Fsp3) is 0.188. The summed E-state index contributed by atoms with van der Waals surface area (Å²) in [6.07, 6.45) is 0.164. The number of carbonyl (C=O) groups excluding carboxylic acids is 2. The molecule has 12 heteroatoms. The normalized spacial score (nSPS) is 11.8. The first-order valence-electron chi connectivity index (χ1n) is 13.5. The van der Waals surface area contributed by atoms with E-state index in [0.29, 0.717) is 21.4 Å². The maximum Gasteiger partial charge on any atom is 0.264 e. The summed E-state index contributed by atoms with van der Waals surface area (Å²) >= 11 is 19.0. The molecule has 0 heterocycles. The first kappa shape index (κ1) is 33.1. The number of benzene rings is 4. The van der Waals surface area contributed by atoms with Gasteiger partial charge in [-0.2, -0.15) is 0 Å². The van der Waals surface area contributed by atoms with Gasteiger partial charge >= 0.3 is 0 Å². The monoisotopic (exact) mass is 673 g/mol. The first-order valence-corrected chi connectivity index (χ1v) is 16.0. The number of nitrogens with zero attached hydrogens (tertiary/aromatic N) is 2. The molecule has 4 aromatic rings. The van der Waals surface area contributed by atoms with Gasteiger partial charge in [-0.1, -0.05) is 89.4 Å². The SMILES string of the molecule is CNC(=O)C(Cc1ccccc1)N(Cc1ccc(Cl)cc1Cl)C(=O)CN(c1ccc(OC)c(Cl)c1)S(=O)(=O)c1ccccc1. The zero-order chi connectivity index (χ0) is 31.9. The van der Waals surface area contributed by atoms with E-state index >= 15 is 0 Å². The predicted molar refractivity (Wildman–Crippen MR) is 174 cm³/mol. The lowest BCUT2D eigenvalue weighted by atomic mass is 10.0. The number of hydrogen-bond acceptors (Lipinski definition) is 5. The van der Waals surface area contributed by atoms with Crippen LogP contribution >= 0.6 is 34.8 Å². The van der Waals surface area contributed by atoms with Gasteiger partial charge in [0.2, 0.25) is 11.8 Å². The van der Waals surface area contributed by atoms with Crippen molar-refractivity contribution in [3.63, 3.8) is 0 Å². The van der Waals surface area contributed by atoms with Crippen LogP contribution < -0.4 is 14.4 Å². The number of hydrogen-bond donors (Lipinski definition) is 1. The van der Waals surface area contributed by atoms with Crippen LogP contribution in [0, 0.1) is 0 Å². The standard InChI is InChI=1S/C32H30Cl3N3O5S/c1-36-32(40)29(17-22-9-5-3-6-10-22)37(20-23-13-14-24(33)18-27(23)34)31(39)21-38(25-15-16-30(43-2)28(35)19-25)44(41,42)26-11-7-4-8-12-26/h3-16,18-19,29H,17,20-21H2,1-2H3,(H,36,40). The summed E-state index contributed by atoms with van der Waals surface area (Å²) in [7, 11) is -1.36. The smallest absolute Gasteiger partial charge is 0.264 e. The molecule has 230 valence electrons. The summed E-state index contributed by atoms with van der Waals surface area (Å²) in [5.74, 6) is -0.746. The highest BCUT2D eigenvalue weighted by molar-refractivity contribution is 7.92. The van der Waals surface area contributed by atoms with Crippen molar-refractivity contribution < 1.29 is 22.7 Å². The number of amides is 2. The summed E-state index contributed by atoms with van der Waals surface area (Å²) in [6, 6.07) is 25.2. The number of halogens is 3. The Bertz CT molecular complexity index is 1720. The fourth-order valence-electron chi connectivity index (χ4n) is 4.61. The van der Waals surface area contributed by atoms with Crippen molar-refractivity contribution in [3.8, 4) is 5.75 Å². The molecule has 0 saturated heterocycles. The summed E-state index contributed by atoms with van der Waals surface area (Å²) in [4.78, 5) is 29.0. The quantitative estimate of drug-likeness (QED) is 0.192. The Kier molecular flexibility index (Phi) is 11.2. The molecule has 0 spiro atoms. The van der Waals surface area contributed by atoms with E-state index in [1.165, 1.54) is 49.4 Å². The molecule has 1 unspecified atom stereocenters. The van der Waals surface area contributed by atoms with Gasteiger partial charge in [-0.3, -0.25) is 13.9 Å². The van der Waals surface area contributed by atoms with Gasteiger partial charge in [0.1, 0.15) is 18.3 Å². The topological polar surface area (TPSA) is 96.0 Å². The summed E-state index contributed by atoms with van der Waals surface area (Å²) in [6.45, 7) is -0.740. The molecule has 1 atom stereocenters. The third-order valence-electron chi connectivity index (χ3n) is 6.91. The van der Waals surface area contributed by atoms with E-state index < -0.39 is 34.4 Å². The molecular weight excluding hydrogens is 645 g/mol. The van der Waals surface area contributed by atoms with Crippen molar-refractivity contribution in [2.24, 2.45) is 0 Å².